The lowest BCUT2D eigenvalue weighted by Gasteiger charge is -2.55. The van der Waals surface area contributed by atoms with Crippen LogP contribution in [0.15, 0.2) is 0 Å². The lowest BCUT2D eigenvalue weighted by atomic mass is 9.56. The molecule has 4 aliphatic rings. The molecule has 0 aromatic heterocycles. The maximum Gasteiger partial charge on any atom is -0.00467 e. The van der Waals surface area contributed by atoms with Crippen LogP contribution in [0.3, 0.4) is 0 Å². The Hall–Kier alpha value is 0.650. The second-order valence-corrected chi connectivity index (χ2v) is 7.57. The minimum Gasteiger partial charge on any atom is -0.104 e. The molecule has 4 rings (SSSR count). The van der Waals surface area contributed by atoms with E-state index in [1.165, 1.54) is 19.3 Å². The molecule has 4 bridgehead atoms. The van der Waals surface area contributed by atoms with E-state index < -0.39 is 0 Å². The van der Waals surface area contributed by atoms with E-state index in [0.717, 1.165) is 22.9 Å². The van der Waals surface area contributed by atoms with Crippen LogP contribution in [0.1, 0.15) is 38.5 Å². The van der Waals surface area contributed by atoms with Gasteiger partial charge in [-0.2, -0.15) is 0 Å². The minimum absolute atomic E-state index is 0.338. The first-order valence-corrected chi connectivity index (χ1v) is 7.72. The van der Waals surface area contributed by atoms with Gasteiger partial charge >= 0.3 is 0 Å². The van der Waals surface area contributed by atoms with Crippen LogP contribution < -0.4 is 0 Å². The Morgan fingerprint density at radius 3 is 1.67 bits per heavy atom. The van der Waals surface area contributed by atoms with Crippen LogP contribution >= 0.6 is 7.36 Å². The number of rotatable bonds is 1. The van der Waals surface area contributed by atoms with E-state index in [1.54, 1.807) is 19.3 Å². The zero-order valence-corrected chi connectivity index (χ0v) is 9.43. The summed E-state index contributed by atoms with van der Waals surface area (Å²) in [6.45, 7) is 0. The topological polar surface area (TPSA) is 0 Å². The fourth-order valence-electron chi connectivity index (χ4n) is 4.32. The zero-order valence-electron chi connectivity index (χ0n) is 7.46. The van der Waals surface area contributed by atoms with Crippen LogP contribution in [0.25, 0.3) is 0 Å². The molecule has 4 saturated carbocycles. The highest BCUT2D eigenvalue weighted by atomic mass is 32.4. The Kier molecular flexibility index (Phi) is 1.72. The van der Waals surface area contributed by atoms with E-state index >= 15 is 0 Å². The molecule has 0 N–H and O–H groups in total. The van der Waals surface area contributed by atoms with E-state index in [-0.39, 0.29) is 0 Å². The van der Waals surface area contributed by atoms with Crippen molar-refractivity contribution < 1.29 is 0 Å². The van der Waals surface area contributed by atoms with Crippen LogP contribution in [0, 0.1) is 17.8 Å². The SMILES string of the molecule is S=[PH2]C12CC3CC(CC(C3)C1)C2. The average Bonchev–Trinajstić information content (AvgIpc) is 2.02. The fraction of sp³-hybridized carbons (Fsp3) is 1.00. The van der Waals surface area contributed by atoms with E-state index in [1.807, 2.05) is 0 Å². The van der Waals surface area contributed by atoms with E-state index in [4.69, 9.17) is 11.8 Å². The van der Waals surface area contributed by atoms with Gasteiger partial charge in [-0.3, -0.25) is 0 Å². The summed E-state index contributed by atoms with van der Waals surface area (Å²) in [5.74, 6) is 3.31. The van der Waals surface area contributed by atoms with Crippen molar-refractivity contribution >= 4 is 19.2 Å². The second-order valence-electron chi connectivity index (χ2n) is 5.40. The van der Waals surface area contributed by atoms with Crippen molar-refractivity contribution in [2.45, 2.75) is 43.7 Å². The van der Waals surface area contributed by atoms with Gasteiger partial charge in [-0.1, -0.05) is 7.36 Å². The van der Waals surface area contributed by atoms with Crippen LogP contribution in [0.4, 0.5) is 0 Å². The molecule has 4 fully saturated rings. The summed E-state index contributed by atoms with van der Waals surface area (Å²) in [6.07, 6.45) is 9.27. The van der Waals surface area contributed by atoms with Crippen LogP contribution in [0.5, 0.6) is 0 Å². The maximum atomic E-state index is 5.43. The first-order valence-electron chi connectivity index (χ1n) is 5.26. The Morgan fingerprint density at radius 1 is 0.917 bits per heavy atom. The van der Waals surface area contributed by atoms with Crippen molar-refractivity contribution in [3.8, 4) is 0 Å². The molecule has 68 valence electrons. The molecule has 1 atom stereocenters. The first kappa shape index (κ1) is 8.00. The third-order valence-corrected chi connectivity index (χ3v) is 7.04. The third kappa shape index (κ3) is 1.06. The van der Waals surface area contributed by atoms with Gasteiger partial charge in [0.1, 0.15) is 0 Å². The predicted octanol–water partition coefficient (Wildman–Crippen LogP) is 2.83. The second kappa shape index (κ2) is 2.58. The van der Waals surface area contributed by atoms with Gasteiger partial charge in [0.05, 0.1) is 0 Å². The first-order chi connectivity index (χ1) is 5.80. The highest BCUT2D eigenvalue weighted by molar-refractivity contribution is 7.97. The molecule has 0 aromatic carbocycles. The van der Waals surface area contributed by atoms with E-state index in [9.17, 15) is 0 Å². The fourth-order valence-corrected chi connectivity index (χ4v) is 6.48. The molecule has 0 radical (unpaired) electrons. The Bertz CT molecular complexity index is 189. The van der Waals surface area contributed by atoms with Crippen molar-refractivity contribution in [3.63, 3.8) is 0 Å². The predicted molar refractivity (Wildman–Crippen MR) is 58.0 cm³/mol. The van der Waals surface area contributed by atoms with Crippen molar-refractivity contribution in [2.75, 3.05) is 0 Å². The molecule has 0 heterocycles. The number of hydrogen-bond donors (Lipinski definition) is 0. The van der Waals surface area contributed by atoms with E-state index in [2.05, 4.69) is 0 Å². The van der Waals surface area contributed by atoms with Crippen LogP contribution in [0.2, 0.25) is 0 Å². The normalized spacial score (nSPS) is 57.2. The summed E-state index contributed by atoms with van der Waals surface area (Å²) in [5, 5.41) is 0.740. The molecule has 2 heteroatoms. The maximum absolute atomic E-state index is 5.43. The molecule has 12 heavy (non-hydrogen) atoms. The quantitative estimate of drug-likeness (QED) is 0.586. The Balaban J connectivity index is 1.95. The smallest absolute Gasteiger partial charge is 0.00467 e. The molecular formula is C10H17PS. The van der Waals surface area contributed by atoms with Crippen molar-refractivity contribution in [2.24, 2.45) is 17.8 Å². The summed E-state index contributed by atoms with van der Waals surface area (Å²) in [7, 11) is 0.338. The summed E-state index contributed by atoms with van der Waals surface area (Å²) in [4.78, 5) is 0. The van der Waals surface area contributed by atoms with Gasteiger partial charge < -0.3 is 0 Å². The summed E-state index contributed by atoms with van der Waals surface area (Å²) >= 11 is 5.43. The van der Waals surface area contributed by atoms with Crippen LogP contribution in [-0.4, -0.2) is 5.16 Å². The van der Waals surface area contributed by atoms with Gasteiger partial charge in [0.25, 0.3) is 0 Å². The van der Waals surface area contributed by atoms with Gasteiger partial charge in [-0.05, 0) is 61.4 Å². The van der Waals surface area contributed by atoms with Crippen molar-refractivity contribution in [3.05, 3.63) is 0 Å². The van der Waals surface area contributed by atoms with Gasteiger partial charge in [0.15, 0.2) is 0 Å². The average molecular weight is 200 g/mol. The monoisotopic (exact) mass is 200 g/mol. The summed E-state index contributed by atoms with van der Waals surface area (Å²) in [6, 6.07) is 0. The molecule has 1 unspecified atom stereocenters. The third-order valence-electron chi connectivity index (χ3n) is 4.34. The number of hydrogen-bond acceptors (Lipinski definition) is 1. The standard InChI is InChI=1S/C10H17PS/c12-11-10-4-7-1-8(5-10)3-9(2-7)6-10/h7-9H,1-6,11H2. The molecule has 0 aromatic rings. The summed E-state index contributed by atoms with van der Waals surface area (Å²) in [5.41, 5.74) is 0. The molecule has 0 nitrogen and oxygen atoms in total. The van der Waals surface area contributed by atoms with Gasteiger partial charge in [0.2, 0.25) is 0 Å². The van der Waals surface area contributed by atoms with Gasteiger partial charge in [0, 0.05) is 0 Å². The molecule has 0 amide bonds. The summed E-state index contributed by atoms with van der Waals surface area (Å²) < 4.78 is 0. The lowest BCUT2D eigenvalue weighted by Crippen LogP contribution is -2.47. The highest BCUT2D eigenvalue weighted by Crippen LogP contribution is 2.60. The Labute approximate surface area is 81.0 Å². The van der Waals surface area contributed by atoms with Crippen molar-refractivity contribution in [1.29, 1.82) is 0 Å². The molecular weight excluding hydrogens is 183 g/mol. The molecule has 0 aliphatic heterocycles. The molecule has 4 aliphatic carbocycles. The van der Waals surface area contributed by atoms with Crippen LogP contribution in [-0.2, 0) is 11.8 Å². The van der Waals surface area contributed by atoms with Crippen molar-refractivity contribution in [1.82, 2.24) is 0 Å². The molecule has 0 spiro atoms. The van der Waals surface area contributed by atoms with Gasteiger partial charge in [-0.15, -0.1) is 11.8 Å². The molecule has 0 saturated heterocycles. The minimum atomic E-state index is 0.338. The highest BCUT2D eigenvalue weighted by Gasteiger charge is 2.49. The van der Waals surface area contributed by atoms with Gasteiger partial charge in [-0.25, -0.2) is 0 Å². The largest absolute Gasteiger partial charge is 0.104 e. The Morgan fingerprint density at radius 2 is 1.33 bits per heavy atom. The lowest BCUT2D eigenvalue weighted by molar-refractivity contribution is 0.0377. The zero-order chi connectivity index (χ0) is 8.18. The van der Waals surface area contributed by atoms with E-state index in [0.29, 0.717) is 7.36 Å².